The summed E-state index contributed by atoms with van der Waals surface area (Å²) in [6.07, 6.45) is 7.15. The van der Waals surface area contributed by atoms with Crippen molar-refractivity contribution in [2.24, 2.45) is 0 Å². The highest BCUT2D eigenvalue weighted by molar-refractivity contribution is 5.91. The molecule has 2 heterocycles. The molecule has 0 aliphatic rings. The predicted molar refractivity (Wildman–Crippen MR) is 123 cm³/mol. The highest BCUT2D eigenvalue weighted by Crippen LogP contribution is 2.35. The Morgan fingerprint density at radius 2 is 1.73 bits per heavy atom. The second-order valence-electron chi connectivity index (χ2n) is 7.11. The van der Waals surface area contributed by atoms with Gasteiger partial charge in [-0.3, -0.25) is 9.97 Å². The van der Waals surface area contributed by atoms with Crippen LogP contribution in [-0.2, 0) is 12.8 Å². The molecular weight excluding hydrogens is 374 g/mol. The molecule has 0 aliphatic heterocycles. The number of nitrogens with zero attached hydrogens (tertiary/aromatic N) is 2. The molecule has 4 rings (SSSR count). The molecule has 30 heavy (non-hydrogen) atoms. The number of hydrogen-bond acceptors (Lipinski definition) is 5. The zero-order valence-corrected chi connectivity index (χ0v) is 17.5. The standard InChI is InChI=1S/C25H25N3O2/c1-5-22-21-13-25(30-4)24(29-3)12-20(21)18(15-28-22)10-16-9-17-11-19(26-6-2)7-8-23(17)27-14-16/h6-9,11-15,26H,2,5,10H2,1,3-4H3. The largest absolute Gasteiger partial charge is 0.493 e. The van der Waals surface area contributed by atoms with Crippen LogP contribution in [0, 0.1) is 0 Å². The molecule has 0 fully saturated rings. The number of aromatic nitrogens is 2. The van der Waals surface area contributed by atoms with Gasteiger partial charge in [-0.2, -0.15) is 0 Å². The molecule has 0 aliphatic carbocycles. The topological polar surface area (TPSA) is 56.3 Å². The summed E-state index contributed by atoms with van der Waals surface area (Å²) in [7, 11) is 3.32. The van der Waals surface area contributed by atoms with Gasteiger partial charge in [0.25, 0.3) is 0 Å². The number of aryl methyl sites for hydroxylation is 1. The molecular formula is C25H25N3O2. The number of anilines is 1. The van der Waals surface area contributed by atoms with Crippen LogP contribution in [0.2, 0.25) is 0 Å². The first kappa shape index (κ1) is 19.7. The Labute approximate surface area is 176 Å². The van der Waals surface area contributed by atoms with Crippen molar-refractivity contribution in [3.8, 4) is 11.5 Å². The Morgan fingerprint density at radius 1 is 0.967 bits per heavy atom. The molecule has 0 saturated heterocycles. The Kier molecular flexibility index (Phi) is 5.53. The van der Waals surface area contributed by atoms with Crippen molar-refractivity contribution in [3.63, 3.8) is 0 Å². The molecule has 2 aromatic carbocycles. The fraction of sp³-hybridized carbons (Fsp3) is 0.200. The summed E-state index contributed by atoms with van der Waals surface area (Å²) in [6, 6.07) is 12.3. The van der Waals surface area contributed by atoms with E-state index in [9.17, 15) is 0 Å². The van der Waals surface area contributed by atoms with Gasteiger partial charge in [-0.25, -0.2) is 0 Å². The van der Waals surface area contributed by atoms with Gasteiger partial charge in [-0.1, -0.05) is 13.5 Å². The van der Waals surface area contributed by atoms with Gasteiger partial charge in [0.05, 0.1) is 19.7 Å². The lowest BCUT2D eigenvalue weighted by Crippen LogP contribution is -1.99. The first-order valence-corrected chi connectivity index (χ1v) is 9.95. The summed E-state index contributed by atoms with van der Waals surface area (Å²) < 4.78 is 11.0. The Hall–Kier alpha value is -3.60. The van der Waals surface area contributed by atoms with Gasteiger partial charge in [0.2, 0.25) is 0 Å². The monoisotopic (exact) mass is 399 g/mol. The molecule has 1 N–H and O–H groups in total. The lowest BCUT2D eigenvalue weighted by atomic mass is 9.98. The van der Waals surface area contributed by atoms with E-state index in [0.29, 0.717) is 5.75 Å². The Morgan fingerprint density at radius 3 is 2.43 bits per heavy atom. The van der Waals surface area contributed by atoms with Crippen LogP contribution in [0.1, 0.15) is 23.7 Å². The number of pyridine rings is 2. The van der Waals surface area contributed by atoms with Crippen LogP contribution < -0.4 is 14.8 Å². The maximum absolute atomic E-state index is 5.54. The maximum atomic E-state index is 5.54. The second kappa shape index (κ2) is 8.41. The van der Waals surface area contributed by atoms with Gasteiger partial charge < -0.3 is 14.8 Å². The van der Waals surface area contributed by atoms with E-state index in [-0.39, 0.29) is 0 Å². The molecule has 5 nitrogen and oxygen atoms in total. The van der Waals surface area contributed by atoms with Crippen LogP contribution in [-0.4, -0.2) is 24.2 Å². The van der Waals surface area contributed by atoms with E-state index in [0.717, 1.165) is 62.8 Å². The summed E-state index contributed by atoms with van der Waals surface area (Å²) in [4.78, 5) is 9.35. The van der Waals surface area contributed by atoms with Gasteiger partial charge in [-0.15, -0.1) is 0 Å². The van der Waals surface area contributed by atoms with Crippen molar-refractivity contribution in [2.75, 3.05) is 19.5 Å². The summed E-state index contributed by atoms with van der Waals surface area (Å²) in [5, 5.41) is 6.44. The van der Waals surface area contributed by atoms with E-state index in [1.807, 2.05) is 36.7 Å². The first-order valence-electron chi connectivity index (χ1n) is 9.95. The highest BCUT2D eigenvalue weighted by atomic mass is 16.5. The van der Waals surface area contributed by atoms with Crippen molar-refractivity contribution < 1.29 is 9.47 Å². The number of methoxy groups -OCH3 is 2. The zero-order chi connectivity index (χ0) is 21.1. The number of benzene rings is 2. The van der Waals surface area contributed by atoms with Crippen molar-refractivity contribution in [1.82, 2.24) is 9.97 Å². The van der Waals surface area contributed by atoms with Crippen molar-refractivity contribution in [1.29, 1.82) is 0 Å². The van der Waals surface area contributed by atoms with Crippen molar-refractivity contribution >= 4 is 27.4 Å². The fourth-order valence-corrected chi connectivity index (χ4v) is 3.80. The number of hydrogen-bond donors (Lipinski definition) is 1. The Balaban J connectivity index is 1.80. The summed E-state index contributed by atoms with van der Waals surface area (Å²) in [5.74, 6) is 1.43. The van der Waals surface area contributed by atoms with Crippen molar-refractivity contribution in [3.05, 3.63) is 78.4 Å². The molecule has 0 atom stereocenters. The highest BCUT2D eigenvalue weighted by Gasteiger charge is 2.13. The number of ether oxygens (including phenoxy) is 2. The number of fused-ring (bicyclic) bond motifs is 2. The Bertz CT molecular complexity index is 1230. The molecule has 5 heteroatoms. The third kappa shape index (κ3) is 3.66. The number of nitrogens with one attached hydrogen (secondary N) is 1. The molecule has 4 aromatic rings. The van der Waals surface area contributed by atoms with Gasteiger partial charge in [-0.05, 0) is 65.5 Å². The molecule has 0 unspecified atom stereocenters. The quantitative estimate of drug-likeness (QED) is 0.444. The molecule has 0 spiro atoms. The average Bonchev–Trinajstić information content (AvgIpc) is 2.78. The lowest BCUT2D eigenvalue weighted by Gasteiger charge is -2.14. The van der Waals surface area contributed by atoms with Gasteiger partial charge in [0.1, 0.15) is 0 Å². The van der Waals surface area contributed by atoms with E-state index in [1.54, 1.807) is 20.4 Å². The van der Waals surface area contributed by atoms with Crippen LogP contribution >= 0.6 is 0 Å². The molecule has 0 radical (unpaired) electrons. The van der Waals surface area contributed by atoms with Gasteiger partial charge in [0.15, 0.2) is 11.5 Å². The summed E-state index contributed by atoms with van der Waals surface area (Å²) in [6.45, 7) is 5.84. The third-order valence-electron chi connectivity index (χ3n) is 5.29. The van der Waals surface area contributed by atoms with Crippen LogP contribution in [0.5, 0.6) is 11.5 Å². The van der Waals surface area contributed by atoms with Crippen molar-refractivity contribution in [2.45, 2.75) is 19.8 Å². The lowest BCUT2D eigenvalue weighted by molar-refractivity contribution is 0.356. The summed E-state index contributed by atoms with van der Waals surface area (Å²) in [5.41, 5.74) is 5.26. The summed E-state index contributed by atoms with van der Waals surface area (Å²) >= 11 is 0. The first-order chi connectivity index (χ1) is 14.7. The van der Waals surface area contributed by atoms with Crippen LogP contribution in [0.3, 0.4) is 0 Å². The normalized spacial score (nSPS) is 10.9. The second-order valence-corrected chi connectivity index (χ2v) is 7.11. The maximum Gasteiger partial charge on any atom is 0.161 e. The van der Waals surface area contributed by atoms with Crippen LogP contribution in [0.15, 0.2) is 61.6 Å². The van der Waals surface area contributed by atoms with E-state index < -0.39 is 0 Å². The predicted octanol–water partition coefficient (Wildman–Crippen LogP) is 5.51. The average molecular weight is 399 g/mol. The van der Waals surface area contributed by atoms with Crippen LogP contribution in [0.25, 0.3) is 21.7 Å². The molecule has 152 valence electrons. The minimum atomic E-state index is 0.716. The molecule has 0 bridgehead atoms. The smallest absolute Gasteiger partial charge is 0.161 e. The SMILES string of the molecule is C=CNc1ccc2ncc(Cc3cnc(CC)c4cc(OC)c(OC)cc34)cc2c1. The minimum Gasteiger partial charge on any atom is -0.493 e. The van der Waals surface area contributed by atoms with Crippen LogP contribution in [0.4, 0.5) is 5.69 Å². The molecule has 0 amide bonds. The van der Waals surface area contributed by atoms with E-state index in [2.05, 4.69) is 35.9 Å². The zero-order valence-electron chi connectivity index (χ0n) is 17.5. The van der Waals surface area contributed by atoms with Gasteiger partial charge in [0, 0.05) is 41.0 Å². The molecule has 2 aromatic heterocycles. The van der Waals surface area contributed by atoms with E-state index in [1.165, 1.54) is 0 Å². The van der Waals surface area contributed by atoms with Gasteiger partial charge >= 0.3 is 0 Å². The minimum absolute atomic E-state index is 0.716. The van der Waals surface area contributed by atoms with E-state index in [4.69, 9.17) is 14.5 Å². The fourth-order valence-electron chi connectivity index (χ4n) is 3.80. The third-order valence-corrected chi connectivity index (χ3v) is 5.29. The molecule has 0 saturated carbocycles. The number of rotatable bonds is 7. The van der Waals surface area contributed by atoms with E-state index >= 15 is 0 Å².